The number of ether oxygens (including phenoxy) is 1. The highest BCUT2D eigenvalue weighted by molar-refractivity contribution is 5.38. The van der Waals surface area contributed by atoms with E-state index in [1.807, 2.05) is 19.3 Å². The monoisotopic (exact) mass is 286 g/mol. The molecule has 1 aliphatic rings. The highest BCUT2D eigenvalue weighted by Gasteiger charge is 2.29. The minimum atomic E-state index is 0.358. The Morgan fingerprint density at radius 1 is 1.43 bits per heavy atom. The van der Waals surface area contributed by atoms with Crippen LogP contribution in [0, 0.1) is 0 Å². The maximum Gasteiger partial charge on any atom is 0.122 e. The lowest BCUT2D eigenvalue weighted by molar-refractivity contribution is 0.245. The van der Waals surface area contributed by atoms with Gasteiger partial charge in [0.25, 0.3) is 0 Å². The summed E-state index contributed by atoms with van der Waals surface area (Å²) in [5.41, 5.74) is 2.34. The number of hydrogen-bond acceptors (Lipinski definition) is 4. The number of aromatic nitrogens is 3. The Hall–Kier alpha value is -1.88. The predicted molar refractivity (Wildman–Crippen MR) is 81.5 cm³/mol. The maximum atomic E-state index is 5.78. The average molecular weight is 286 g/mol. The van der Waals surface area contributed by atoms with Gasteiger partial charge in [0, 0.05) is 31.6 Å². The lowest BCUT2D eigenvalue weighted by Gasteiger charge is -2.32. The van der Waals surface area contributed by atoms with Crippen LogP contribution in [-0.4, -0.2) is 34.2 Å². The van der Waals surface area contributed by atoms with Crippen LogP contribution in [0.4, 0.5) is 0 Å². The SMILES string of the molecule is CCNC(Cc1cn(C)nn1)C1CCOc2ccccc21. The van der Waals surface area contributed by atoms with Gasteiger partial charge in [-0.05, 0) is 24.6 Å². The van der Waals surface area contributed by atoms with E-state index in [1.165, 1.54) is 5.56 Å². The largest absolute Gasteiger partial charge is 0.493 e. The van der Waals surface area contributed by atoms with Crippen LogP contribution in [0.1, 0.15) is 30.5 Å². The van der Waals surface area contributed by atoms with Gasteiger partial charge < -0.3 is 10.1 Å². The first kappa shape index (κ1) is 14.1. The van der Waals surface area contributed by atoms with E-state index in [2.05, 4.69) is 40.8 Å². The molecule has 3 rings (SSSR count). The summed E-state index contributed by atoms with van der Waals surface area (Å²) < 4.78 is 7.54. The van der Waals surface area contributed by atoms with Crippen molar-refractivity contribution in [2.24, 2.45) is 7.05 Å². The zero-order valence-electron chi connectivity index (χ0n) is 12.6. The number of rotatable bonds is 5. The van der Waals surface area contributed by atoms with E-state index in [0.717, 1.165) is 37.4 Å². The van der Waals surface area contributed by atoms with E-state index >= 15 is 0 Å². The molecule has 2 aromatic rings. The maximum absolute atomic E-state index is 5.78. The molecule has 5 heteroatoms. The van der Waals surface area contributed by atoms with Gasteiger partial charge in [-0.2, -0.15) is 0 Å². The van der Waals surface area contributed by atoms with Gasteiger partial charge in [-0.1, -0.05) is 30.3 Å². The Kier molecular flexibility index (Phi) is 4.20. The molecule has 0 radical (unpaired) electrons. The fraction of sp³-hybridized carbons (Fsp3) is 0.500. The van der Waals surface area contributed by atoms with Gasteiger partial charge in [0.2, 0.25) is 0 Å². The van der Waals surface area contributed by atoms with Crippen LogP contribution in [0.25, 0.3) is 0 Å². The van der Waals surface area contributed by atoms with Gasteiger partial charge in [-0.3, -0.25) is 4.68 Å². The van der Waals surface area contributed by atoms with Crippen molar-refractivity contribution < 1.29 is 4.74 Å². The molecule has 0 spiro atoms. The molecule has 0 saturated heterocycles. The molecular weight excluding hydrogens is 264 g/mol. The number of para-hydroxylation sites is 1. The first-order valence-electron chi connectivity index (χ1n) is 7.58. The Labute approximate surface area is 125 Å². The molecule has 1 N–H and O–H groups in total. The summed E-state index contributed by atoms with van der Waals surface area (Å²) in [5.74, 6) is 1.48. The second-order valence-electron chi connectivity index (χ2n) is 5.53. The normalized spacial score (nSPS) is 18.9. The molecule has 112 valence electrons. The summed E-state index contributed by atoms with van der Waals surface area (Å²) >= 11 is 0. The van der Waals surface area contributed by atoms with E-state index in [0.29, 0.717) is 12.0 Å². The van der Waals surface area contributed by atoms with Crippen LogP contribution in [-0.2, 0) is 13.5 Å². The number of benzene rings is 1. The number of nitrogens with zero attached hydrogens (tertiary/aromatic N) is 3. The molecule has 5 nitrogen and oxygen atoms in total. The second kappa shape index (κ2) is 6.26. The van der Waals surface area contributed by atoms with Crippen LogP contribution in [0.5, 0.6) is 5.75 Å². The van der Waals surface area contributed by atoms with Crippen molar-refractivity contribution in [3.8, 4) is 5.75 Å². The summed E-state index contributed by atoms with van der Waals surface area (Å²) in [6.45, 7) is 3.88. The molecule has 0 bridgehead atoms. The third-order valence-electron chi connectivity index (χ3n) is 4.04. The van der Waals surface area contributed by atoms with Crippen LogP contribution < -0.4 is 10.1 Å². The van der Waals surface area contributed by atoms with Crippen LogP contribution in [0.2, 0.25) is 0 Å². The van der Waals surface area contributed by atoms with E-state index < -0.39 is 0 Å². The standard InChI is InChI=1S/C16H22N4O/c1-3-17-15(10-12-11-20(2)19-18-12)13-8-9-21-16-7-5-4-6-14(13)16/h4-7,11,13,15,17H,3,8-10H2,1-2H3. The Morgan fingerprint density at radius 2 is 2.29 bits per heavy atom. The summed E-state index contributed by atoms with van der Waals surface area (Å²) in [6, 6.07) is 8.72. The highest BCUT2D eigenvalue weighted by Crippen LogP contribution is 2.36. The number of aryl methyl sites for hydroxylation is 1. The third-order valence-corrected chi connectivity index (χ3v) is 4.04. The van der Waals surface area contributed by atoms with Gasteiger partial charge in [0.15, 0.2) is 0 Å². The molecule has 1 aliphatic heterocycles. The van der Waals surface area contributed by atoms with Gasteiger partial charge in [-0.25, -0.2) is 0 Å². The summed E-state index contributed by atoms with van der Waals surface area (Å²) in [7, 11) is 1.91. The minimum Gasteiger partial charge on any atom is -0.493 e. The fourth-order valence-electron chi connectivity index (χ4n) is 3.12. The molecule has 2 heterocycles. The number of fused-ring (bicyclic) bond motifs is 1. The second-order valence-corrected chi connectivity index (χ2v) is 5.53. The smallest absolute Gasteiger partial charge is 0.122 e. The van der Waals surface area contributed by atoms with Crippen molar-refractivity contribution in [1.82, 2.24) is 20.3 Å². The topological polar surface area (TPSA) is 52.0 Å². The molecule has 0 aliphatic carbocycles. The molecule has 1 aromatic carbocycles. The van der Waals surface area contributed by atoms with Crippen molar-refractivity contribution in [2.75, 3.05) is 13.2 Å². The number of likely N-dealkylation sites (N-methyl/N-ethyl adjacent to an activating group) is 1. The minimum absolute atomic E-state index is 0.358. The zero-order valence-corrected chi connectivity index (χ0v) is 12.6. The zero-order chi connectivity index (χ0) is 14.7. The molecule has 21 heavy (non-hydrogen) atoms. The number of nitrogens with one attached hydrogen (secondary N) is 1. The third kappa shape index (κ3) is 3.08. The van der Waals surface area contributed by atoms with E-state index in [1.54, 1.807) is 4.68 Å². The van der Waals surface area contributed by atoms with Gasteiger partial charge in [0.1, 0.15) is 5.75 Å². The first-order chi connectivity index (χ1) is 10.3. The molecular formula is C16H22N4O. The van der Waals surface area contributed by atoms with Crippen molar-refractivity contribution in [3.63, 3.8) is 0 Å². The molecule has 1 aromatic heterocycles. The Morgan fingerprint density at radius 3 is 3.05 bits per heavy atom. The first-order valence-corrected chi connectivity index (χ1v) is 7.58. The lowest BCUT2D eigenvalue weighted by atomic mass is 9.84. The van der Waals surface area contributed by atoms with E-state index in [4.69, 9.17) is 4.74 Å². The lowest BCUT2D eigenvalue weighted by Crippen LogP contribution is -2.39. The molecule has 0 amide bonds. The Bertz CT molecular complexity index is 595. The molecule has 0 fully saturated rings. The van der Waals surface area contributed by atoms with Crippen LogP contribution in [0.3, 0.4) is 0 Å². The summed E-state index contributed by atoms with van der Waals surface area (Å²) in [4.78, 5) is 0. The summed E-state index contributed by atoms with van der Waals surface area (Å²) in [6.07, 6.45) is 3.92. The summed E-state index contributed by atoms with van der Waals surface area (Å²) in [5, 5.41) is 11.9. The number of hydrogen-bond donors (Lipinski definition) is 1. The molecule has 2 atom stereocenters. The van der Waals surface area contributed by atoms with Crippen LogP contribution in [0.15, 0.2) is 30.5 Å². The van der Waals surface area contributed by atoms with E-state index in [9.17, 15) is 0 Å². The quantitative estimate of drug-likeness (QED) is 0.912. The molecule has 2 unspecified atom stereocenters. The van der Waals surface area contributed by atoms with Crippen molar-refractivity contribution >= 4 is 0 Å². The average Bonchev–Trinajstić information content (AvgIpc) is 2.91. The Balaban J connectivity index is 1.84. The van der Waals surface area contributed by atoms with E-state index in [-0.39, 0.29) is 0 Å². The fourth-order valence-corrected chi connectivity index (χ4v) is 3.12. The van der Waals surface area contributed by atoms with Gasteiger partial charge >= 0.3 is 0 Å². The van der Waals surface area contributed by atoms with Crippen molar-refractivity contribution in [1.29, 1.82) is 0 Å². The van der Waals surface area contributed by atoms with Crippen molar-refractivity contribution in [2.45, 2.75) is 31.7 Å². The van der Waals surface area contributed by atoms with Crippen LogP contribution >= 0.6 is 0 Å². The van der Waals surface area contributed by atoms with Crippen molar-refractivity contribution in [3.05, 3.63) is 41.7 Å². The van der Waals surface area contributed by atoms with Gasteiger partial charge in [0.05, 0.1) is 12.3 Å². The predicted octanol–water partition coefficient (Wildman–Crippen LogP) is 1.90. The van der Waals surface area contributed by atoms with Gasteiger partial charge in [-0.15, -0.1) is 5.10 Å². The molecule has 0 saturated carbocycles. The highest BCUT2D eigenvalue weighted by atomic mass is 16.5.